The van der Waals surface area contributed by atoms with Crippen molar-refractivity contribution < 1.29 is 4.74 Å². The Morgan fingerprint density at radius 3 is 2.88 bits per heavy atom. The number of anilines is 1. The number of aromatic nitrogens is 2. The molecule has 1 aromatic carbocycles. The average Bonchev–Trinajstić information content (AvgIpc) is 2.39. The first-order valence-electron chi connectivity index (χ1n) is 5.45. The number of nitrogens with zero attached hydrogens (tertiary/aromatic N) is 2. The summed E-state index contributed by atoms with van der Waals surface area (Å²) in [6.45, 7) is 1.37. The quantitative estimate of drug-likeness (QED) is 0.854. The SMILES string of the molecule is COCc1cccc(CNc2cnccn2)c1. The molecule has 0 amide bonds. The highest BCUT2D eigenvalue weighted by Crippen LogP contribution is 2.08. The van der Waals surface area contributed by atoms with Crippen LogP contribution in [0, 0.1) is 0 Å². The lowest BCUT2D eigenvalue weighted by Crippen LogP contribution is -2.02. The number of ether oxygens (including phenoxy) is 1. The Bertz CT molecular complexity index is 459. The van der Waals surface area contributed by atoms with Gasteiger partial charge in [0.25, 0.3) is 0 Å². The molecule has 0 aliphatic carbocycles. The first-order chi connectivity index (χ1) is 8.38. The van der Waals surface area contributed by atoms with E-state index in [9.17, 15) is 0 Å². The molecule has 0 saturated heterocycles. The molecule has 1 heterocycles. The summed E-state index contributed by atoms with van der Waals surface area (Å²) >= 11 is 0. The maximum atomic E-state index is 5.10. The molecular formula is C13H15N3O. The van der Waals surface area contributed by atoms with Crippen LogP contribution >= 0.6 is 0 Å². The Morgan fingerprint density at radius 2 is 2.12 bits per heavy atom. The molecule has 0 aliphatic heterocycles. The maximum Gasteiger partial charge on any atom is 0.144 e. The van der Waals surface area contributed by atoms with Crippen molar-refractivity contribution in [3.05, 3.63) is 54.0 Å². The summed E-state index contributed by atoms with van der Waals surface area (Å²) in [7, 11) is 1.70. The minimum absolute atomic E-state index is 0.638. The number of benzene rings is 1. The van der Waals surface area contributed by atoms with Gasteiger partial charge in [-0.2, -0.15) is 0 Å². The molecule has 0 aliphatic rings. The maximum absolute atomic E-state index is 5.10. The van der Waals surface area contributed by atoms with Gasteiger partial charge in [0.1, 0.15) is 5.82 Å². The van der Waals surface area contributed by atoms with Gasteiger partial charge in [-0.05, 0) is 11.1 Å². The van der Waals surface area contributed by atoms with Crippen molar-refractivity contribution in [3.8, 4) is 0 Å². The van der Waals surface area contributed by atoms with E-state index in [1.165, 1.54) is 11.1 Å². The highest BCUT2D eigenvalue weighted by molar-refractivity contribution is 5.33. The predicted molar refractivity (Wildman–Crippen MR) is 66.5 cm³/mol. The lowest BCUT2D eigenvalue weighted by atomic mass is 10.1. The standard InChI is InChI=1S/C13H15N3O/c1-17-10-12-4-2-3-11(7-12)8-16-13-9-14-5-6-15-13/h2-7,9H,8,10H2,1H3,(H,15,16). The van der Waals surface area contributed by atoms with E-state index in [-0.39, 0.29) is 0 Å². The van der Waals surface area contributed by atoms with Crippen LogP contribution in [0.3, 0.4) is 0 Å². The van der Waals surface area contributed by atoms with Gasteiger partial charge in [0.15, 0.2) is 0 Å². The van der Waals surface area contributed by atoms with E-state index in [2.05, 4.69) is 33.5 Å². The monoisotopic (exact) mass is 229 g/mol. The van der Waals surface area contributed by atoms with Crippen LogP contribution in [0.4, 0.5) is 5.82 Å². The molecule has 2 aromatic rings. The summed E-state index contributed by atoms with van der Waals surface area (Å²) in [5.41, 5.74) is 2.37. The summed E-state index contributed by atoms with van der Waals surface area (Å²) in [6, 6.07) is 8.27. The number of hydrogen-bond donors (Lipinski definition) is 1. The Morgan fingerprint density at radius 1 is 1.24 bits per heavy atom. The van der Waals surface area contributed by atoms with Gasteiger partial charge in [0.05, 0.1) is 12.8 Å². The zero-order chi connectivity index (χ0) is 11.9. The molecule has 4 nitrogen and oxygen atoms in total. The largest absolute Gasteiger partial charge is 0.380 e. The molecule has 2 rings (SSSR count). The molecule has 0 spiro atoms. The molecule has 1 N–H and O–H groups in total. The zero-order valence-electron chi connectivity index (χ0n) is 9.76. The van der Waals surface area contributed by atoms with E-state index in [1.807, 2.05) is 6.07 Å². The Kier molecular flexibility index (Phi) is 4.05. The zero-order valence-corrected chi connectivity index (χ0v) is 9.76. The van der Waals surface area contributed by atoms with Crippen molar-refractivity contribution in [3.63, 3.8) is 0 Å². The Balaban J connectivity index is 1.97. The molecule has 0 fully saturated rings. The van der Waals surface area contributed by atoms with E-state index in [0.29, 0.717) is 6.61 Å². The first kappa shape index (κ1) is 11.5. The molecule has 0 saturated carbocycles. The van der Waals surface area contributed by atoms with Gasteiger partial charge in [0, 0.05) is 26.0 Å². The molecule has 17 heavy (non-hydrogen) atoms. The van der Waals surface area contributed by atoms with Crippen LogP contribution in [0.5, 0.6) is 0 Å². The fourth-order valence-electron chi connectivity index (χ4n) is 1.58. The van der Waals surface area contributed by atoms with Crippen LogP contribution in [0.2, 0.25) is 0 Å². The number of methoxy groups -OCH3 is 1. The van der Waals surface area contributed by atoms with Crippen LogP contribution in [0.15, 0.2) is 42.9 Å². The van der Waals surface area contributed by atoms with Gasteiger partial charge in [-0.1, -0.05) is 24.3 Å². The molecular weight excluding hydrogens is 214 g/mol. The first-order valence-corrected chi connectivity index (χ1v) is 5.45. The van der Waals surface area contributed by atoms with Gasteiger partial charge >= 0.3 is 0 Å². The molecule has 88 valence electrons. The van der Waals surface area contributed by atoms with E-state index < -0.39 is 0 Å². The van der Waals surface area contributed by atoms with Crippen LogP contribution in [0.1, 0.15) is 11.1 Å². The smallest absolute Gasteiger partial charge is 0.144 e. The van der Waals surface area contributed by atoms with E-state index in [1.54, 1.807) is 25.7 Å². The van der Waals surface area contributed by atoms with E-state index in [4.69, 9.17) is 4.74 Å². The summed E-state index contributed by atoms with van der Waals surface area (Å²) in [5, 5.41) is 3.22. The summed E-state index contributed by atoms with van der Waals surface area (Å²) < 4.78 is 5.10. The van der Waals surface area contributed by atoms with Crippen LogP contribution < -0.4 is 5.32 Å². The summed E-state index contributed by atoms with van der Waals surface area (Å²) in [4.78, 5) is 8.15. The lowest BCUT2D eigenvalue weighted by Gasteiger charge is -2.06. The summed E-state index contributed by atoms with van der Waals surface area (Å²) in [6.07, 6.45) is 5.03. The van der Waals surface area contributed by atoms with Crippen molar-refractivity contribution in [1.82, 2.24) is 9.97 Å². The predicted octanol–water partition coefficient (Wildman–Crippen LogP) is 2.24. The minimum atomic E-state index is 0.638. The highest BCUT2D eigenvalue weighted by Gasteiger charge is 1.97. The topological polar surface area (TPSA) is 47.0 Å². The number of hydrogen-bond acceptors (Lipinski definition) is 4. The summed E-state index contributed by atoms with van der Waals surface area (Å²) in [5.74, 6) is 0.782. The van der Waals surface area contributed by atoms with Gasteiger partial charge in [-0.15, -0.1) is 0 Å². The second-order valence-electron chi connectivity index (χ2n) is 3.70. The lowest BCUT2D eigenvalue weighted by molar-refractivity contribution is 0.185. The molecule has 4 heteroatoms. The van der Waals surface area contributed by atoms with Crippen molar-refractivity contribution in [2.24, 2.45) is 0 Å². The fraction of sp³-hybridized carbons (Fsp3) is 0.231. The second-order valence-corrected chi connectivity index (χ2v) is 3.70. The molecule has 0 bridgehead atoms. The number of rotatable bonds is 5. The van der Waals surface area contributed by atoms with E-state index in [0.717, 1.165) is 12.4 Å². The van der Waals surface area contributed by atoms with Crippen molar-refractivity contribution in [2.45, 2.75) is 13.2 Å². The van der Waals surface area contributed by atoms with Crippen molar-refractivity contribution in [1.29, 1.82) is 0 Å². The van der Waals surface area contributed by atoms with E-state index >= 15 is 0 Å². The van der Waals surface area contributed by atoms with Gasteiger partial charge in [-0.3, -0.25) is 4.98 Å². The minimum Gasteiger partial charge on any atom is -0.380 e. The van der Waals surface area contributed by atoms with Crippen molar-refractivity contribution in [2.75, 3.05) is 12.4 Å². The van der Waals surface area contributed by atoms with Crippen LogP contribution in [-0.4, -0.2) is 17.1 Å². The third-order valence-corrected chi connectivity index (χ3v) is 2.34. The molecule has 0 unspecified atom stereocenters. The fourth-order valence-corrected chi connectivity index (χ4v) is 1.58. The molecule has 0 radical (unpaired) electrons. The molecule has 1 aromatic heterocycles. The normalized spacial score (nSPS) is 10.2. The third kappa shape index (κ3) is 3.53. The highest BCUT2D eigenvalue weighted by atomic mass is 16.5. The van der Waals surface area contributed by atoms with Crippen molar-refractivity contribution >= 4 is 5.82 Å². The second kappa shape index (κ2) is 5.96. The average molecular weight is 229 g/mol. The number of nitrogens with one attached hydrogen (secondary N) is 1. The van der Waals surface area contributed by atoms with Crippen LogP contribution in [-0.2, 0) is 17.9 Å². The Hall–Kier alpha value is -1.94. The van der Waals surface area contributed by atoms with Gasteiger partial charge in [0.2, 0.25) is 0 Å². The van der Waals surface area contributed by atoms with Gasteiger partial charge in [-0.25, -0.2) is 4.98 Å². The Labute approximate surface area is 101 Å². The van der Waals surface area contributed by atoms with Gasteiger partial charge < -0.3 is 10.1 Å². The molecule has 0 atom stereocenters. The van der Waals surface area contributed by atoms with Crippen LogP contribution in [0.25, 0.3) is 0 Å². The third-order valence-electron chi connectivity index (χ3n) is 2.34.